The topological polar surface area (TPSA) is 47.9 Å². The predicted molar refractivity (Wildman–Crippen MR) is 104 cm³/mol. The number of hydrogen-bond donors (Lipinski definition) is 0. The van der Waals surface area contributed by atoms with Crippen LogP contribution in [0.3, 0.4) is 0 Å². The number of carbonyl (C=O) groups excluding carboxylic acids is 1. The Balaban J connectivity index is 2.09. The number of carbonyl (C=O) groups is 1. The van der Waals surface area contributed by atoms with Crippen molar-refractivity contribution in [2.75, 3.05) is 6.73 Å². The summed E-state index contributed by atoms with van der Waals surface area (Å²) in [6.07, 6.45) is 6.21. The van der Waals surface area contributed by atoms with E-state index in [1.165, 1.54) is 0 Å². The molecule has 5 heteroatoms. The zero-order chi connectivity index (χ0) is 19.2. The summed E-state index contributed by atoms with van der Waals surface area (Å²) in [6.45, 7) is 12.1. The van der Waals surface area contributed by atoms with Gasteiger partial charge in [0.1, 0.15) is 11.8 Å². The molecule has 2 aliphatic rings. The van der Waals surface area contributed by atoms with E-state index in [0.717, 1.165) is 16.8 Å². The Kier molecular flexibility index (Phi) is 4.57. The van der Waals surface area contributed by atoms with Crippen LogP contribution in [-0.4, -0.2) is 36.2 Å². The highest BCUT2D eigenvalue weighted by molar-refractivity contribution is 5.93. The fourth-order valence-electron chi connectivity index (χ4n) is 3.51. The molecule has 2 aliphatic heterocycles. The molecule has 140 valence electrons. The van der Waals surface area contributed by atoms with E-state index in [4.69, 9.17) is 9.47 Å². The minimum absolute atomic E-state index is 0.205. The minimum Gasteiger partial charge on any atom is -0.456 e. The van der Waals surface area contributed by atoms with Gasteiger partial charge in [-0.1, -0.05) is 12.1 Å². The third-order valence-corrected chi connectivity index (χ3v) is 4.56. The van der Waals surface area contributed by atoms with Crippen molar-refractivity contribution >= 4 is 17.9 Å². The van der Waals surface area contributed by atoms with E-state index in [0.29, 0.717) is 13.2 Å². The van der Waals surface area contributed by atoms with Crippen LogP contribution >= 0.6 is 0 Å². The SMILES string of the molecule is CC(C)(C)OC[N@+]12C=CN=Cc3cccc(c31)CC2C(=O)OC(C)(C)C. The average molecular weight is 357 g/mol. The van der Waals surface area contributed by atoms with Gasteiger partial charge in [-0.3, -0.25) is 4.99 Å². The summed E-state index contributed by atoms with van der Waals surface area (Å²) in [5.74, 6) is -0.205. The zero-order valence-corrected chi connectivity index (χ0v) is 16.6. The number of benzene rings is 1. The molecule has 1 aromatic carbocycles. The first-order valence-electron chi connectivity index (χ1n) is 9.09. The highest BCUT2D eigenvalue weighted by Gasteiger charge is 2.53. The van der Waals surface area contributed by atoms with E-state index in [1.54, 1.807) is 6.20 Å². The van der Waals surface area contributed by atoms with Crippen LogP contribution in [0.4, 0.5) is 5.69 Å². The number of aliphatic imine (C=N–C) groups is 1. The second-order valence-electron chi connectivity index (χ2n) is 9.00. The number of quaternary nitrogens is 1. The largest absolute Gasteiger partial charge is 0.456 e. The third kappa shape index (κ3) is 3.60. The van der Waals surface area contributed by atoms with E-state index in [9.17, 15) is 4.79 Å². The second kappa shape index (κ2) is 6.32. The van der Waals surface area contributed by atoms with Gasteiger partial charge in [0.2, 0.25) is 6.04 Å². The number of para-hydroxylation sites is 1. The van der Waals surface area contributed by atoms with Crippen LogP contribution in [0.15, 0.2) is 35.6 Å². The first-order chi connectivity index (χ1) is 12.0. The molecule has 0 amide bonds. The summed E-state index contributed by atoms with van der Waals surface area (Å²) >= 11 is 0. The number of rotatable bonds is 3. The molecule has 0 N–H and O–H groups in total. The zero-order valence-electron chi connectivity index (χ0n) is 16.6. The van der Waals surface area contributed by atoms with Gasteiger partial charge in [0, 0.05) is 18.2 Å². The van der Waals surface area contributed by atoms with Crippen molar-refractivity contribution < 1.29 is 14.3 Å². The lowest BCUT2D eigenvalue weighted by Gasteiger charge is -2.38. The van der Waals surface area contributed by atoms with Gasteiger partial charge >= 0.3 is 5.97 Å². The van der Waals surface area contributed by atoms with Crippen LogP contribution in [0.2, 0.25) is 0 Å². The van der Waals surface area contributed by atoms with Crippen molar-refractivity contribution in [3.8, 4) is 0 Å². The van der Waals surface area contributed by atoms with Gasteiger partial charge in [-0.2, -0.15) is 0 Å². The lowest BCUT2D eigenvalue weighted by molar-refractivity contribution is -0.162. The Morgan fingerprint density at radius 3 is 2.58 bits per heavy atom. The Morgan fingerprint density at radius 1 is 1.19 bits per heavy atom. The monoisotopic (exact) mass is 357 g/mol. The van der Waals surface area contributed by atoms with Crippen LogP contribution in [-0.2, 0) is 20.7 Å². The number of nitrogens with zero attached hydrogens (tertiary/aromatic N) is 2. The molecule has 1 aromatic rings. The van der Waals surface area contributed by atoms with Crippen LogP contribution in [0.1, 0.15) is 52.7 Å². The molecule has 0 aromatic heterocycles. The molecule has 0 bridgehead atoms. The number of hydrogen-bond acceptors (Lipinski definition) is 4. The summed E-state index contributed by atoms with van der Waals surface area (Å²) in [4.78, 5) is 17.5. The summed E-state index contributed by atoms with van der Waals surface area (Å²) in [5.41, 5.74) is 2.41. The maximum atomic E-state index is 13.1. The molecule has 3 rings (SSSR count). The van der Waals surface area contributed by atoms with Gasteiger partial charge < -0.3 is 9.47 Å². The summed E-state index contributed by atoms with van der Waals surface area (Å²) in [7, 11) is 0. The maximum absolute atomic E-state index is 13.1. The van der Waals surface area contributed by atoms with Gasteiger partial charge in [-0.15, -0.1) is 0 Å². The molecule has 5 nitrogen and oxygen atoms in total. The van der Waals surface area contributed by atoms with Crippen LogP contribution < -0.4 is 4.48 Å². The Labute approximate surface area is 155 Å². The van der Waals surface area contributed by atoms with Crippen molar-refractivity contribution in [1.29, 1.82) is 0 Å². The van der Waals surface area contributed by atoms with Gasteiger partial charge in [-0.25, -0.2) is 9.28 Å². The van der Waals surface area contributed by atoms with Crippen molar-refractivity contribution in [3.63, 3.8) is 0 Å². The van der Waals surface area contributed by atoms with Crippen molar-refractivity contribution in [2.24, 2.45) is 4.99 Å². The highest BCUT2D eigenvalue weighted by Crippen LogP contribution is 2.44. The fraction of sp³-hybridized carbons (Fsp3) is 0.524. The smallest absolute Gasteiger partial charge is 0.366 e. The number of esters is 1. The van der Waals surface area contributed by atoms with Crippen molar-refractivity contribution in [3.05, 3.63) is 41.7 Å². The lowest BCUT2D eigenvalue weighted by Crippen LogP contribution is -2.57. The van der Waals surface area contributed by atoms with Crippen molar-refractivity contribution in [1.82, 2.24) is 4.48 Å². The van der Waals surface area contributed by atoms with Gasteiger partial charge in [0.15, 0.2) is 12.4 Å². The Morgan fingerprint density at radius 2 is 1.92 bits per heavy atom. The lowest BCUT2D eigenvalue weighted by atomic mass is 10.1. The average Bonchev–Trinajstić information content (AvgIpc) is 2.70. The van der Waals surface area contributed by atoms with E-state index in [-0.39, 0.29) is 22.1 Å². The predicted octanol–water partition coefficient (Wildman–Crippen LogP) is 3.94. The van der Waals surface area contributed by atoms with Crippen LogP contribution in [0.25, 0.3) is 0 Å². The summed E-state index contributed by atoms with van der Waals surface area (Å²) < 4.78 is 12.2. The van der Waals surface area contributed by atoms with Crippen LogP contribution in [0, 0.1) is 0 Å². The second-order valence-corrected chi connectivity index (χ2v) is 9.00. The molecule has 26 heavy (non-hydrogen) atoms. The Bertz CT molecular complexity index is 768. The van der Waals surface area contributed by atoms with Crippen molar-refractivity contribution in [2.45, 2.75) is 65.2 Å². The maximum Gasteiger partial charge on any atom is 0.366 e. The van der Waals surface area contributed by atoms with Gasteiger partial charge in [0.05, 0.1) is 17.4 Å². The van der Waals surface area contributed by atoms with E-state index < -0.39 is 5.60 Å². The molecule has 0 saturated heterocycles. The van der Waals surface area contributed by atoms with E-state index in [2.05, 4.69) is 11.1 Å². The van der Waals surface area contributed by atoms with Gasteiger partial charge in [-0.05, 0) is 47.6 Å². The first kappa shape index (κ1) is 18.8. The van der Waals surface area contributed by atoms with Crippen LogP contribution in [0.5, 0.6) is 0 Å². The molecular formula is C21H29N2O3+. The van der Waals surface area contributed by atoms with E-state index in [1.807, 2.05) is 66.1 Å². The molecule has 0 radical (unpaired) electrons. The quantitative estimate of drug-likeness (QED) is 0.608. The standard InChI is InChI=1S/C21H29N2O3/c1-20(2,3)25-14-23-11-10-22-13-16-9-7-8-15(18(16)23)12-17(23)19(24)26-21(4,5)6/h7-11,13,17H,12,14H2,1-6H3/q+1/t17?,23-/m0/s1. The molecule has 0 saturated carbocycles. The highest BCUT2D eigenvalue weighted by atomic mass is 16.6. The molecule has 2 atom stereocenters. The summed E-state index contributed by atoms with van der Waals surface area (Å²) in [5, 5.41) is 0. The molecule has 2 heterocycles. The normalized spacial score (nSPS) is 24.3. The molecule has 0 aliphatic carbocycles. The molecule has 0 spiro atoms. The molecule has 1 unspecified atom stereocenters. The third-order valence-electron chi connectivity index (χ3n) is 4.56. The Hall–Kier alpha value is -1.98. The molecular weight excluding hydrogens is 328 g/mol. The fourth-order valence-corrected chi connectivity index (χ4v) is 3.51. The number of ether oxygens (including phenoxy) is 2. The molecule has 0 fully saturated rings. The minimum atomic E-state index is -0.532. The van der Waals surface area contributed by atoms with Gasteiger partial charge in [0.25, 0.3) is 0 Å². The van der Waals surface area contributed by atoms with E-state index >= 15 is 0 Å². The first-order valence-corrected chi connectivity index (χ1v) is 9.09. The summed E-state index contributed by atoms with van der Waals surface area (Å²) in [6, 6.07) is 5.75.